The van der Waals surface area contributed by atoms with E-state index in [1.165, 1.54) is 24.7 Å². The minimum atomic E-state index is -4.47. The summed E-state index contributed by atoms with van der Waals surface area (Å²) in [5, 5.41) is 3.21. The molecule has 0 saturated carbocycles. The van der Waals surface area contributed by atoms with Crippen LogP contribution in [0.15, 0.2) is 58.4 Å². The molecule has 2 aromatic carbocycles. The van der Waals surface area contributed by atoms with Crippen LogP contribution >= 0.6 is 0 Å². The number of hydrogen-bond donors (Lipinski definition) is 2. The first-order valence-electron chi connectivity index (χ1n) is 12.7. The zero-order valence-corrected chi connectivity index (χ0v) is 22.7. The molecule has 14 heteroatoms. The van der Waals surface area contributed by atoms with Crippen molar-refractivity contribution in [3.63, 3.8) is 0 Å². The lowest BCUT2D eigenvalue weighted by Crippen LogP contribution is -2.38. The predicted octanol–water partition coefficient (Wildman–Crippen LogP) is 4.86. The number of nitrogens with one attached hydrogen (secondary N) is 2. The summed E-state index contributed by atoms with van der Waals surface area (Å²) in [6.07, 6.45) is -0.0798. The Balaban J connectivity index is 1.18. The van der Waals surface area contributed by atoms with E-state index < -0.39 is 21.8 Å². The van der Waals surface area contributed by atoms with Crippen LogP contribution in [0.3, 0.4) is 0 Å². The van der Waals surface area contributed by atoms with Gasteiger partial charge in [0, 0.05) is 38.9 Å². The Labute approximate surface area is 229 Å². The molecule has 2 aromatic heterocycles. The first-order chi connectivity index (χ1) is 19.0. The van der Waals surface area contributed by atoms with Gasteiger partial charge in [0.25, 0.3) is 16.0 Å². The molecular formula is C26H29F3N6O4S. The van der Waals surface area contributed by atoms with Crippen LogP contribution in [0.1, 0.15) is 30.9 Å². The maximum Gasteiger partial charge on any atom is 0.419 e. The summed E-state index contributed by atoms with van der Waals surface area (Å²) in [6, 6.07) is 9.31. The number of hydrogen-bond acceptors (Lipinski definition) is 8. The van der Waals surface area contributed by atoms with Crippen molar-refractivity contribution in [2.24, 2.45) is 7.05 Å². The van der Waals surface area contributed by atoms with Crippen molar-refractivity contribution in [1.82, 2.24) is 19.4 Å². The maximum atomic E-state index is 13.3. The largest absolute Gasteiger partial charge is 0.493 e. The molecule has 5 rings (SSSR count). The van der Waals surface area contributed by atoms with Crippen LogP contribution < -0.4 is 14.8 Å². The van der Waals surface area contributed by atoms with Gasteiger partial charge >= 0.3 is 6.18 Å². The Morgan fingerprint density at radius 1 is 1.15 bits per heavy atom. The summed E-state index contributed by atoms with van der Waals surface area (Å²) < 4.78 is 80.0. The molecular weight excluding hydrogens is 549 g/mol. The minimum Gasteiger partial charge on any atom is -0.493 e. The van der Waals surface area contributed by atoms with Crippen LogP contribution in [-0.2, 0) is 29.8 Å². The molecule has 1 aliphatic heterocycles. The number of sulfonamides is 1. The molecule has 0 spiro atoms. The predicted molar refractivity (Wildman–Crippen MR) is 143 cm³/mol. The van der Waals surface area contributed by atoms with Gasteiger partial charge in [-0.3, -0.25) is 9.62 Å². The Hall–Kier alpha value is -3.78. The monoisotopic (exact) mass is 578 g/mol. The van der Waals surface area contributed by atoms with Crippen molar-refractivity contribution in [1.29, 1.82) is 0 Å². The number of aromatic nitrogens is 3. The van der Waals surface area contributed by atoms with E-state index in [2.05, 4.69) is 24.9 Å². The number of piperidine rings is 1. The molecule has 2 N–H and O–H groups in total. The first kappa shape index (κ1) is 27.8. The van der Waals surface area contributed by atoms with Crippen molar-refractivity contribution >= 4 is 32.8 Å². The van der Waals surface area contributed by atoms with Crippen molar-refractivity contribution < 1.29 is 30.7 Å². The average molecular weight is 579 g/mol. The fourth-order valence-electron chi connectivity index (χ4n) is 4.63. The summed E-state index contributed by atoms with van der Waals surface area (Å²) in [6.45, 7) is 3.81. The number of oxazole rings is 1. The quantitative estimate of drug-likeness (QED) is 0.290. The van der Waals surface area contributed by atoms with Gasteiger partial charge in [-0.2, -0.15) is 26.6 Å². The lowest BCUT2D eigenvalue weighted by atomic mass is 10.0. The number of nitrogens with zero attached hydrogens (tertiary/aromatic N) is 4. The van der Waals surface area contributed by atoms with Gasteiger partial charge in [-0.15, -0.1) is 0 Å². The highest BCUT2D eigenvalue weighted by molar-refractivity contribution is 7.92. The van der Waals surface area contributed by atoms with Crippen molar-refractivity contribution in [2.75, 3.05) is 29.7 Å². The molecule has 1 fully saturated rings. The Bertz CT molecular complexity index is 1590. The second-order valence-electron chi connectivity index (χ2n) is 9.64. The number of halogens is 3. The smallest absolute Gasteiger partial charge is 0.419 e. The molecule has 10 nitrogen and oxygen atoms in total. The highest BCUT2D eigenvalue weighted by Crippen LogP contribution is 2.37. The van der Waals surface area contributed by atoms with E-state index in [1.54, 1.807) is 36.7 Å². The maximum absolute atomic E-state index is 13.3. The third-order valence-electron chi connectivity index (χ3n) is 6.57. The Kier molecular flexibility index (Phi) is 7.64. The molecule has 0 bridgehead atoms. The Morgan fingerprint density at radius 2 is 1.93 bits per heavy atom. The highest BCUT2D eigenvalue weighted by Gasteiger charge is 2.34. The van der Waals surface area contributed by atoms with Gasteiger partial charge in [0.15, 0.2) is 10.6 Å². The zero-order valence-electron chi connectivity index (χ0n) is 21.9. The number of ether oxygens (including phenoxy) is 1. The molecule has 0 radical (unpaired) electrons. The summed E-state index contributed by atoms with van der Waals surface area (Å²) in [7, 11) is -2.15. The van der Waals surface area contributed by atoms with Gasteiger partial charge in [-0.1, -0.05) is 6.07 Å². The number of anilines is 2. The van der Waals surface area contributed by atoms with Gasteiger partial charge in [0.05, 0.1) is 24.2 Å². The average Bonchev–Trinajstić information content (AvgIpc) is 3.50. The lowest BCUT2D eigenvalue weighted by Gasteiger charge is -2.32. The van der Waals surface area contributed by atoms with Gasteiger partial charge in [-0.05, 0) is 55.7 Å². The van der Waals surface area contributed by atoms with Gasteiger partial charge in [0.2, 0.25) is 0 Å². The number of fused-ring (bicyclic) bond motifs is 1. The summed E-state index contributed by atoms with van der Waals surface area (Å²) >= 11 is 0. The third kappa shape index (κ3) is 6.33. The zero-order chi connectivity index (χ0) is 28.5. The fraction of sp³-hybridized carbons (Fsp3) is 0.385. The normalized spacial score (nSPS) is 15.4. The number of aryl methyl sites for hydroxylation is 1. The number of likely N-dealkylation sites (tertiary alicyclic amines) is 1. The standard InChI is InChI=1S/C26H29F3N6O4S/c1-3-38-23-12-17(4-6-20(23)26(27,28)29)14-35-10-8-18(9-11-35)31-25-32-21-13-19(5-7-22(21)39-25)33-40(36,37)24-15-34(2)16-30-24/h4-7,12-13,15-16,18,33H,3,8-11,14H2,1-2H3,(H,31,32). The lowest BCUT2D eigenvalue weighted by molar-refractivity contribution is -0.138. The van der Waals surface area contributed by atoms with Crippen molar-refractivity contribution in [2.45, 2.75) is 43.6 Å². The van der Waals surface area contributed by atoms with E-state index in [9.17, 15) is 21.6 Å². The highest BCUT2D eigenvalue weighted by atomic mass is 32.2. The summed E-state index contributed by atoms with van der Waals surface area (Å²) in [5.41, 5.74) is 1.33. The van der Waals surface area contributed by atoms with Crippen LogP contribution in [0.2, 0.25) is 0 Å². The first-order valence-corrected chi connectivity index (χ1v) is 14.2. The Morgan fingerprint density at radius 3 is 2.60 bits per heavy atom. The SMILES string of the molecule is CCOc1cc(CN2CCC(Nc3nc4cc(NS(=O)(=O)c5cn(C)cn5)ccc4o3)CC2)ccc1C(F)(F)F. The minimum absolute atomic E-state index is 0.0861. The molecule has 1 aliphatic rings. The van der Waals surface area contributed by atoms with E-state index in [0.717, 1.165) is 37.6 Å². The summed E-state index contributed by atoms with van der Waals surface area (Å²) in [4.78, 5) is 10.5. The van der Waals surface area contributed by atoms with Crippen LogP contribution in [0.25, 0.3) is 11.1 Å². The molecule has 0 unspecified atom stereocenters. The number of rotatable bonds is 9. The second-order valence-corrected chi connectivity index (χ2v) is 11.3. The van der Waals surface area contributed by atoms with E-state index in [0.29, 0.717) is 29.3 Å². The summed E-state index contributed by atoms with van der Waals surface area (Å²) in [5.74, 6) is -0.146. The number of benzene rings is 2. The number of imidazole rings is 1. The molecule has 0 aliphatic carbocycles. The molecule has 214 valence electrons. The molecule has 1 saturated heterocycles. The molecule has 0 atom stereocenters. The van der Waals surface area contributed by atoms with Gasteiger partial charge in [0.1, 0.15) is 11.3 Å². The van der Waals surface area contributed by atoms with Crippen LogP contribution in [0, 0.1) is 0 Å². The molecule has 4 aromatic rings. The second kappa shape index (κ2) is 11.0. The molecule has 3 heterocycles. The van der Waals surface area contributed by atoms with Crippen molar-refractivity contribution in [3.8, 4) is 5.75 Å². The number of alkyl halides is 3. The van der Waals surface area contributed by atoms with E-state index >= 15 is 0 Å². The molecule has 40 heavy (non-hydrogen) atoms. The van der Waals surface area contributed by atoms with E-state index in [-0.39, 0.29) is 23.4 Å². The van der Waals surface area contributed by atoms with Crippen LogP contribution in [0.5, 0.6) is 5.75 Å². The van der Waals surface area contributed by atoms with E-state index in [4.69, 9.17) is 9.15 Å². The van der Waals surface area contributed by atoms with Crippen LogP contribution in [0.4, 0.5) is 24.9 Å². The van der Waals surface area contributed by atoms with Gasteiger partial charge in [-0.25, -0.2) is 4.98 Å². The topological polar surface area (TPSA) is 115 Å². The third-order valence-corrected chi connectivity index (χ3v) is 7.83. The van der Waals surface area contributed by atoms with Gasteiger partial charge < -0.3 is 19.0 Å². The molecule has 0 amide bonds. The fourth-order valence-corrected chi connectivity index (χ4v) is 5.66. The van der Waals surface area contributed by atoms with E-state index in [1.807, 2.05) is 0 Å². The van der Waals surface area contributed by atoms with Crippen molar-refractivity contribution in [3.05, 3.63) is 60.0 Å². The van der Waals surface area contributed by atoms with Crippen LogP contribution in [-0.4, -0.2) is 53.6 Å².